The lowest BCUT2D eigenvalue weighted by Crippen LogP contribution is -2.19. The molecule has 0 bridgehead atoms. The Morgan fingerprint density at radius 3 is 2.64 bits per heavy atom. The molecule has 2 rings (SSSR count). The van der Waals surface area contributed by atoms with E-state index >= 15 is 0 Å². The summed E-state index contributed by atoms with van der Waals surface area (Å²) in [6.45, 7) is 4.94. The summed E-state index contributed by atoms with van der Waals surface area (Å²) in [4.78, 5) is 4.82. The number of hydrogen-bond donors (Lipinski definition) is 1. The fourth-order valence-electron chi connectivity index (χ4n) is 2.11. The highest BCUT2D eigenvalue weighted by Gasteiger charge is 2.45. The van der Waals surface area contributed by atoms with Crippen molar-refractivity contribution in [1.29, 1.82) is 0 Å². The second kappa shape index (κ2) is 3.37. The van der Waals surface area contributed by atoms with Gasteiger partial charge in [0.1, 0.15) is 0 Å². The summed E-state index contributed by atoms with van der Waals surface area (Å²) in [7, 11) is 0. The zero-order chi connectivity index (χ0) is 10.2. The van der Waals surface area contributed by atoms with E-state index in [0.29, 0.717) is 6.61 Å². The van der Waals surface area contributed by atoms with E-state index in [4.69, 9.17) is 10.7 Å². The molecule has 0 atom stereocenters. The lowest BCUT2D eigenvalue weighted by Gasteiger charge is -2.17. The molecule has 2 heteroatoms. The highest BCUT2D eigenvalue weighted by molar-refractivity contribution is 5.40. The fourth-order valence-corrected chi connectivity index (χ4v) is 2.11. The van der Waals surface area contributed by atoms with Crippen molar-refractivity contribution in [2.24, 2.45) is 5.90 Å². The van der Waals surface area contributed by atoms with Crippen molar-refractivity contribution in [2.45, 2.75) is 32.1 Å². The summed E-state index contributed by atoms with van der Waals surface area (Å²) in [6.07, 6.45) is 2.41. The zero-order valence-corrected chi connectivity index (χ0v) is 8.84. The van der Waals surface area contributed by atoms with Gasteiger partial charge >= 0.3 is 0 Å². The largest absolute Gasteiger partial charge is 0.304 e. The van der Waals surface area contributed by atoms with Crippen LogP contribution in [0.5, 0.6) is 0 Å². The first-order valence-corrected chi connectivity index (χ1v) is 5.07. The summed E-state index contributed by atoms with van der Waals surface area (Å²) < 4.78 is 0. The maximum Gasteiger partial charge on any atom is 0.0776 e. The van der Waals surface area contributed by atoms with Gasteiger partial charge in [0.2, 0.25) is 0 Å². The molecule has 0 heterocycles. The Morgan fingerprint density at radius 1 is 1.36 bits per heavy atom. The summed E-state index contributed by atoms with van der Waals surface area (Å²) >= 11 is 0. The van der Waals surface area contributed by atoms with Crippen LogP contribution in [0.3, 0.4) is 0 Å². The molecule has 2 nitrogen and oxygen atoms in total. The molecule has 1 aliphatic rings. The fraction of sp³-hybridized carbons (Fsp3) is 0.500. The van der Waals surface area contributed by atoms with Gasteiger partial charge in [0.25, 0.3) is 0 Å². The smallest absolute Gasteiger partial charge is 0.0776 e. The zero-order valence-electron chi connectivity index (χ0n) is 8.84. The maximum absolute atomic E-state index is 5.18. The molecule has 1 aromatic rings. The van der Waals surface area contributed by atoms with Crippen LogP contribution in [-0.2, 0) is 10.3 Å². The minimum Gasteiger partial charge on any atom is -0.304 e. The Balaban J connectivity index is 2.35. The van der Waals surface area contributed by atoms with Crippen LogP contribution in [0, 0.1) is 13.8 Å². The molecule has 0 amide bonds. The Kier molecular flexibility index (Phi) is 2.33. The molecule has 14 heavy (non-hydrogen) atoms. The van der Waals surface area contributed by atoms with Crippen LogP contribution in [0.4, 0.5) is 0 Å². The van der Waals surface area contributed by atoms with E-state index in [1.807, 2.05) is 0 Å². The van der Waals surface area contributed by atoms with Gasteiger partial charge in [-0.2, -0.15) is 0 Å². The second-order valence-electron chi connectivity index (χ2n) is 4.41. The van der Waals surface area contributed by atoms with Crippen LogP contribution in [-0.4, -0.2) is 6.61 Å². The molecule has 1 saturated carbocycles. The van der Waals surface area contributed by atoms with Crippen molar-refractivity contribution in [3.8, 4) is 0 Å². The van der Waals surface area contributed by atoms with E-state index in [2.05, 4.69) is 32.0 Å². The molecule has 0 unspecified atom stereocenters. The van der Waals surface area contributed by atoms with Crippen molar-refractivity contribution in [3.63, 3.8) is 0 Å². The number of hydrogen-bond acceptors (Lipinski definition) is 2. The van der Waals surface area contributed by atoms with Crippen LogP contribution < -0.4 is 5.90 Å². The lowest BCUT2D eigenvalue weighted by atomic mass is 9.91. The second-order valence-corrected chi connectivity index (χ2v) is 4.41. The molecule has 0 aliphatic heterocycles. The predicted molar refractivity (Wildman–Crippen MR) is 57.0 cm³/mol. The third-order valence-corrected chi connectivity index (χ3v) is 3.18. The van der Waals surface area contributed by atoms with E-state index < -0.39 is 0 Å². The first-order chi connectivity index (χ1) is 6.68. The van der Waals surface area contributed by atoms with E-state index in [0.717, 1.165) is 0 Å². The summed E-state index contributed by atoms with van der Waals surface area (Å²) in [5.41, 5.74) is 4.31. The van der Waals surface area contributed by atoms with Crippen LogP contribution in [0.2, 0.25) is 0 Å². The third-order valence-electron chi connectivity index (χ3n) is 3.18. The van der Waals surface area contributed by atoms with Crippen molar-refractivity contribution < 1.29 is 4.84 Å². The van der Waals surface area contributed by atoms with Crippen molar-refractivity contribution in [2.75, 3.05) is 6.61 Å². The Morgan fingerprint density at radius 2 is 2.07 bits per heavy atom. The normalized spacial score (nSPS) is 18.2. The Labute approximate surface area is 85.0 Å². The van der Waals surface area contributed by atoms with Gasteiger partial charge in [-0.1, -0.05) is 23.8 Å². The van der Waals surface area contributed by atoms with Crippen LogP contribution in [0.1, 0.15) is 29.5 Å². The lowest BCUT2D eigenvalue weighted by molar-refractivity contribution is 0.116. The van der Waals surface area contributed by atoms with Gasteiger partial charge in [-0.15, -0.1) is 0 Å². The molecule has 0 spiro atoms. The van der Waals surface area contributed by atoms with E-state index in [1.165, 1.54) is 29.5 Å². The van der Waals surface area contributed by atoms with Gasteiger partial charge in [-0.05, 0) is 37.8 Å². The number of aryl methyl sites for hydroxylation is 2. The van der Waals surface area contributed by atoms with Gasteiger partial charge in [0, 0.05) is 5.41 Å². The molecule has 1 fully saturated rings. The average molecular weight is 191 g/mol. The Hall–Kier alpha value is -0.860. The molecule has 1 aliphatic carbocycles. The minimum atomic E-state index is 0.227. The van der Waals surface area contributed by atoms with Gasteiger partial charge in [-0.25, -0.2) is 5.90 Å². The SMILES string of the molecule is Cc1ccc(C)c(C2(CON)CC2)c1. The number of rotatable bonds is 3. The van der Waals surface area contributed by atoms with Crippen LogP contribution >= 0.6 is 0 Å². The minimum absolute atomic E-state index is 0.227. The van der Waals surface area contributed by atoms with Gasteiger partial charge < -0.3 is 4.84 Å². The van der Waals surface area contributed by atoms with E-state index in [1.54, 1.807) is 0 Å². The van der Waals surface area contributed by atoms with Gasteiger partial charge in [-0.3, -0.25) is 0 Å². The Bertz CT molecular complexity index is 342. The highest BCUT2D eigenvalue weighted by Crippen LogP contribution is 2.49. The van der Waals surface area contributed by atoms with Crippen LogP contribution in [0.25, 0.3) is 0 Å². The van der Waals surface area contributed by atoms with E-state index in [9.17, 15) is 0 Å². The summed E-state index contributed by atoms with van der Waals surface area (Å²) in [5, 5.41) is 0. The standard InChI is InChI=1S/C12H17NO/c1-9-3-4-10(2)11(7-9)12(5-6-12)8-14-13/h3-4,7H,5-6,8,13H2,1-2H3. The first-order valence-electron chi connectivity index (χ1n) is 5.07. The highest BCUT2D eigenvalue weighted by atomic mass is 16.6. The van der Waals surface area contributed by atoms with Crippen molar-refractivity contribution in [3.05, 3.63) is 34.9 Å². The van der Waals surface area contributed by atoms with Crippen molar-refractivity contribution in [1.82, 2.24) is 0 Å². The molecule has 2 N–H and O–H groups in total. The summed E-state index contributed by atoms with van der Waals surface area (Å²) in [6, 6.07) is 6.60. The van der Waals surface area contributed by atoms with Crippen molar-refractivity contribution >= 4 is 0 Å². The predicted octanol–water partition coefficient (Wildman–Crippen LogP) is 2.23. The van der Waals surface area contributed by atoms with Crippen LogP contribution in [0.15, 0.2) is 18.2 Å². The third kappa shape index (κ3) is 1.56. The monoisotopic (exact) mass is 191 g/mol. The van der Waals surface area contributed by atoms with Gasteiger partial charge in [0.05, 0.1) is 6.61 Å². The first kappa shape index (κ1) is 9.69. The molecule has 0 aromatic heterocycles. The van der Waals surface area contributed by atoms with E-state index in [-0.39, 0.29) is 5.41 Å². The molecule has 0 saturated heterocycles. The topological polar surface area (TPSA) is 35.2 Å². The number of nitrogens with two attached hydrogens (primary N) is 1. The molecule has 76 valence electrons. The van der Waals surface area contributed by atoms with Gasteiger partial charge in [0.15, 0.2) is 0 Å². The number of benzene rings is 1. The molecular formula is C12H17NO. The average Bonchev–Trinajstić information content (AvgIpc) is 2.91. The maximum atomic E-state index is 5.18. The molecule has 0 radical (unpaired) electrons. The quantitative estimate of drug-likeness (QED) is 0.743. The molecular weight excluding hydrogens is 174 g/mol. The summed E-state index contributed by atoms with van der Waals surface area (Å²) in [5.74, 6) is 5.18. The molecule has 1 aromatic carbocycles.